The third kappa shape index (κ3) is 5.52. The van der Waals surface area contributed by atoms with Crippen LogP contribution in [-0.2, 0) is 24.5 Å². The fourth-order valence-electron chi connectivity index (χ4n) is 4.88. The first kappa shape index (κ1) is 24.3. The average Bonchev–Trinajstić information content (AvgIpc) is 3.28. The zero-order valence-electron chi connectivity index (χ0n) is 20.2. The van der Waals surface area contributed by atoms with Gasteiger partial charge in [0.1, 0.15) is 5.75 Å². The van der Waals surface area contributed by atoms with E-state index in [0.717, 1.165) is 47.7 Å². The number of nitrogens with one attached hydrogen (secondary N) is 1. The monoisotopic (exact) mass is 506 g/mol. The molecule has 1 aliphatic carbocycles. The summed E-state index contributed by atoms with van der Waals surface area (Å²) in [7, 11) is -0.821. The Morgan fingerprint density at radius 2 is 1.83 bits per heavy atom. The van der Waals surface area contributed by atoms with Crippen LogP contribution in [-0.4, -0.2) is 35.4 Å². The quantitative estimate of drug-likeness (QED) is 0.357. The van der Waals surface area contributed by atoms with E-state index in [2.05, 4.69) is 28.0 Å². The largest absolute Gasteiger partial charge is 0.490 e. The van der Waals surface area contributed by atoms with Crippen LogP contribution in [0.25, 0.3) is 22.0 Å². The van der Waals surface area contributed by atoms with Gasteiger partial charge in [-0.1, -0.05) is 42.5 Å². The van der Waals surface area contributed by atoms with Crippen molar-refractivity contribution in [3.63, 3.8) is 0 Å². The molecule has 0 aliphatic heterocycles. The summed E-state index contributed by atoms with van der Waals surface area (Å²) >= 11 is 0. The Morgan fingerprint density at radius 3 is 2.58 bits per heavy atom. The first-order valence-corrected chi connectivity index (χ1v) is 13.4. The normalized spacial score (nSPS) is 18.1. The molecule has 8 nitrogen and oxygen atoms in total. The van der Waals surface area contributed by atoms with Crippen LogP contribution in [0, 0.1) is 5.92 Å². The lowest BCUT2D eigenvalue weighted by atomic mass is 9.87. The number of aryl methyl sites for hydroxylation is 1. The van der Waals surface area contributed by atoms with Crippen molar-refractivity contribution in [2.45, 2.75) is 38.3 Å². The summed E-state index contributed by atoms with van der Waals surface area (Å²) in [6.07, 6.45) is 7.09. The molecule has 9 heteroatoms. The molecular formula is C27H30N4O4S. The van der Waals surface area contributed by atoms with Crippen LogP contribution in [0.2, 0.25) is 0 Å². The molecule has 2 aromatic carbocycles. The van der Waals surface area contributed by atoms with Crippen molar-refractivity contribution in [2.24, 2.45) is 13.0 Å². The van der Waals surface area contributed by atoms with E-state index < -0.39 is 10.9 Å². The Balaban J connectivity index is 1.40. The van der Waals surface area contributed by atoms with Crippen molar-refractivity contribution in [3.8, 4) is 16.9 Å². The number of aromatic nitrogens is 3. The second kappa shape index (κ2) is 10.7. The molecule has 188 valence electrons. The third-order valence-electron chi connectivity index (χ3n) is 6.92. The molecule has 1 fully saturated rings. The Labute approximate surface area is 211 Å². The molecule has 1 saturated carbocycles. The molecule has 0 radical (unpaired) electrons. The van der Waals surface area contributed by atoms with Crippen LogP contribution < -0.4 is 15.0 Å². The second-order valence-electron chi connectivity index (χ2n) is 9.44. The number of hydrogen-bond acceptors (Lipinski definition) is 5. The average molecular weight is 507 g/mol. The van der Waals surface area contributed by atoms with Crippen LogP contribution >= 0.6 is 0 Å². The van der Waals surface area contributed by atoms with Gasteiger partial charge < -0.3 is 9.30 Å². The van der Waals surface area contributed by atoms with Crippen molar-refractivity contribution in [2.75, 3.05) is 6.54 Å². The number of hydrogen-bond donors (Lipinski definition) is 2. The second-order valence-corrected chi connectivity index (χ2v) is 10.3. The van der Waals surface area contributed by atoms with E-state index in [1.165, 1.54) is 5.56 Å². The predicted octanol–water partition coefficient (Wildman–Crippen LogP) is 3.50. The molecule has 0 unspecified atom stereocenters. The highest BCUT2D eigenvalue weighted by Crippen LogP contribution is 2.34. The number of rotatable bonds is 8. The van der Waals surface area contributed by atoms with Crippen LogP contribution in [0.4, 0.5) is 0 Å². The fourth-order valence-corrected chi connectivity index (χ4v) is 5.29. The lowest BCUT2D eigenvalue weighted by Crippen LogP contribution is -2.30. The maximum Gasteiger partial charge on any atom is 0.254 e. The molecule has 5 rings (SSSR count). The minimum atomic E-state index is -2.56. The van der Waals surface area contributed by atoms with Crippen LogP contribution in [0.3, 0.4) is 0 Å². The summed E-state index contributed by atoms with van der Waals surface area (Å²) in [5.41, 5.74) is 3.88. The van der Waals surface area contributed by atoms with Gasteiger partial charge in [-0.25, -0.2) is 13.1 Å². The Hall–Kier alpha value is -3.43. The van der Waals surface area contributed by atoms with E-state index in [-0.39, 0.29) is 11.7 Å². The van der Waals surface area contributed by atoms with Gasteiger partial charge in [0.15, 0.2) is 0 Å². The molecule has 2 heterocycles. The maximum atomic E-state index is 12.5. The Morgan fingerprint density at radius 1 is 1.06 bits per heavy atom. The summed E-state index contributed by atoms with van der Waals surface area (Å²) in [6, 6.07) is 18.0. The van der Waals surface area contributed by atoms with Gasteiger partial charge in [0.25, 0.3) is 5.56 Å². The zero-order chi connectivity index (χ0) is 25.1. The molecular weight excluding hydrogens is 476 g/mol. The molecule has 0 bridgehead atoms. The maximum absolute atomic E-state index is 12.5. The number of thiol groups is 1. The third-order valence-corrected chi connectivity index (χ3v) is 7.36. The highest BCUT2D eigenvalue weighted by Gasteiger charge is 2.24. The van der Waals surface area contributed by atoms with Gasteiger partial charge >= 0.3 is 0 Å². The standard InChI is InChI=1S/C27H30N4O4S/c1-30-18-24(26(14-27(30)32)35-23-11-7-19(8-12-23)15-29-36(33)34)21-9-10-22-16-28-31(25(22)13-21)17-20-5-3-2-4-6-20/h2-6,9-10,13-14,16,18-19,23,36H,7-8,11-12,15,17H2,1H3,(H,29,33,34)/t19-,23-. The molecule has 1 aliphatic rings. The lowest BCUT2D eigenvalue weighted by molar-refractivity contribution is 0.132. The molecule has 1 N–H and O–H groups in total. The number of fused-ring (bicyclic) bond motifs is 1. The number of ether oxygens (including phenoxy) is 1. The number of benzene rings is 2. The van der Waals surface area contributed by atoms with Crippen LogP contribution in [0.5, 0.6) is 5.75 Å². The van der Waals surface area contributed by atoms with E-state index in [1.54, 1.807) is 17.7 Å². The van der Waals surface area contributed by atoms with E-state index >= 15 is 0 Å². The van der Waals surface area contributed by atoms with Gasteiger partial charge in [0.2, 0.25) is 10.9 Å². The van der Waals surface area contributed by atoms with Crippen molar-refractivity contribution in [1.82, 2.24) is 19.1 Å². The van der Waals surface area contributed by atoms with E-state index in [4.69, 9.17) is 4.74 Å². The first-order valence-electron chi connectivity index (χ1n) is 12.2. The molecule has 0 saturated heterocycles. The number of pyridine rings is 1. The van der Waals surface area contributed by atoms with E-state index in [1.807, 2.05) is 47.4 Å². The van der Waals surface area contributed by atoms with Gasteiger partial charge in [-0.05, 0) is 48.8 Å². The van der Waals surface area contributed by atoms with Gasteiger partial charge in [-0.3, -0.25) is 9.48 Å². The molecule has 0 atom stereocenters. The predicted molar refractivity (Wildman–Crippen MR) is 141 cm³/mol. The minimum Gasteiger partial charge on any atom is -0.490 e. The summed E-state index contributed by atoms with van der Waals surface area (Å²) in [5, 5.41) is 5.64. The summed E-state index contributed by atoms with van der Waals surface area (Å²) in [5.74, 6) is 0.893. The smallest absolute Gasteiger partial charge is 0.254 e. The van der Waals surface area contributed by atoms with E-state index in [9.17, 15) is 13.2 Å². The molecule has 0 amide bonds. The zero-order valence-corrected chi connectivity index (χ0v) is 21.1. The van der Waals surface area contributed by atoms with E-state index in [0.29, 0.717) is 24.8 Å². The Bertz CT molecular complexity index is 1480. The van der Waals surface area contributed by atoms with Gasteiger partial charge in [0.05, 0.1) is 24.4 Å². The van der Waals surface area contributed by atoms with Gasteiger partial charge in [0, 0.05) is 36.8 Å². The molecule has 2 aromatic heterocycles. The fraction of sp³-hybridized carbons (Fsp3) is 0.333. The van der Waals surface area contributed by atoms with Crippen molar-refractivity contribution in [1.29, 1.82) is 0 Å². The highest BCUT2D eigenvalue weighted by atomic mass is 32.2. The topological polar surface area (TPSA) is 95.2 Å². The summed E-state index contributed by atoms with van der Waals surface area (Å²) in [6.45, 7) is 1.14. The van der Waals surface area contributed by atoms with Crippen LogP contribution in [0.1, 0.15) is 31.2 Å². The SMILES string of the molecule is Cn1cc(-c2ccc3cnn(Cc4ccccc4)c3c2)c(O[C@H]2CC[C@H](CN[SH](=O)=O)CC2)cc1=O. The van der Waals surface area contributed by atoms with Crippen molar-refractivity contribution >= 4 is 21.8 Å². The van der Waals surface area contributed by atoms with Crippen molar-refractivity contribution in [3.05, 3.63) is 82.9 Å². The van der Waals surface area contributed by atoms with Crippen molar-refractivity contribution < 1.29 is 13.2 Å². The number of nitrogens with zero attached hydrogens (tertiary/aromatic N) is 3. The van der Waals surface area contributed by atoms with Gasteiger partial charge in [-0.15, -0.1) is 0 Å². The Kier molecular flexibility index (Phi) is 7.20. The lowest BCUT2D eigenvalue weighted by Gasteiger charge is -2.29. The first-order chi connectivity index (χ1) is 17.5. The molecule has 36 heavy (non-hydrogen) atoms. The highest BCUT2D eigenvalue weighted by molar-refractivity contribution is 7.70. The molecule has 0 spiro atoms. The summed E-state index contributed by atoms with van der Waals surface area (Å²) < 4.78 is 34.1. The minimum absolute atomic E-state index is 0.0135. The van der Waals surface area contributed by atoms with Crippen LogP contribution in [0.15, 0.2) is 71.8 Å². The summed E-state index contributed by atoms with van der Waals surface area (Å²) in [4.78, 5) is 12.5. The molecule has 4 aromatic rings. The van der Waals surface area contributed by atoms with Gasteiger partial charge in [-0.2, -0.15) is 5.10 Å².